The molecule has 0 aromatic heterocycles. The molecule has 0 amide bonds. The molecule has 0 aliphatic heterocycles. The molecule has 0 unspecified atom stereocenters. The predicted molar refractivity (Wildman–Crippen MR) is 40.7 cm³/mol. The van der Waals surface area contributed by atoms with E-state index in [0.29, 0.717) is 0 Å². The summed E-state index contributed by atoms with van der Waals surface area (Å²) in [4.78, 5) is 21.6. The Balaban J connectivity index is -0.0000000133. The van der Waals surface area contributed by atoms with E-state index in [1.165, 1.54) is 0 Å². The second-order valence-corrected chi connectivity index (χ2v) is 1.54. The van der Waals surface area contributed by atoms with E-state index in [4.69, 9.17) is 19.2 Å². The van der Waals surface area contributed by atoms with Crippen molar-refractivity contribution in [3.05, 3.63) is 0 Å². The molecule has 0 fully saturated rings. The van der Waals surface area contributed by atoms with Gasteiger partial charge in [0.2, 0.25) is 0 Å². The zero-order chi connectivity index (χ0) is 4.50. The molecule has 0 spiro atoms. The molecule has 0 aliphatic rings. The molecule has 9 heteroatoms. The van der Waals surface area contributed by atoms with E-state index in [2.05, 4.69) is 0 Å². The van der Waals surface area contributed by atoms with E-state index in [-0.39, 0.29) is 160 Å². The van der Waals surface area contributed by atoms with Crippen LogP contribution >= 0.6 is 7.82 Å². The van der Waals surface area contributed by atoms with Crippen LogP contribution < -0.4 is 6.15 Å². The molecule has 9 heavy (non-hydrogen) atoms. The molecule has 0 bridgehead atoms. The Morgan fingerprint density at radius 1 is 0.889 bits per heavy atom. The van der Waals surface area contributed by atoms with Crippen LogP contribution in [0.25, 0.3) is 0 Å². The number of phosphoric acid groups is 1. The fraction of sp³-hybridized carbons (Fsp3) is 0. The zero-order valence-electron chi connectivity index (χ0n) is 2.90. The summed E-state index contributed by atoms with van der Waals surface area (Å²) < 4.78 is 8.88. The van der Waals surface area contributed by atoms with Crippen LogP contribution in [-0.4, -0.2) is 169 Å². The van der Waals surface area contributed by atoms with Crippen LogP contribution in [0.5, 0.6) is 0 Å². The van der Waals surface area contributed by atoms with Gasteiger partial charge in [-0.1, -0.05) is 0 Å². The van der Waals surface area contributed by atoms with Crippen LogP contribution in [-0.2, 0) is 4.57 Å². The molecule has 0 atom stereocenters. The summed E-state index contributed by atoms with van der Waals surface area (Å²) in [5.41, 5.74) is 0. The van der Waals surface area contributed by atoms with Crippen molar-refractivity contribution in [2.24, 2.45) is 0 Å². The first-order valence-electron chi connectivity index (χ1n) is 0.783. The first kappa shape index (κ1) is 29.2. The van der Waals surface area contributed by atoms with E-state index in [1.54, 1.807) is 0 Å². The average molecular weight is 235 g/mol. The van der Waals surface area contributed by atoms with Gasteiger partial charge in [0, 0.05) is 0 Å². The fourth-order valence-electron chi connectivity index (χ4n) is 0. The summed E-state index contributed by atoms with van der Waals surface area (Å²) in [7, 11) is -4.64. The Morgan fingerprint density at radius 3 is 0.889 bits per heavy atom. The Morgan fingerprint density at radius 2 is 0.889 bits per heavy atom. The number of hydrogen-bond donors (Lipinski definition) is 4. The normalized spacial score (nSPS) is 6.56. The minimum absolute atomic E-state index is 0. The maximum absolute atomic E-state index is 8.88. The molecule has 0 saturated carbocycles. The monoisotopic (exact) mass is 235 g/mol. The van der Waals surface area contributed by atoms with E-state index < -0.39 is 7.82 Å². The van der Waals surface area contributed by atoms with Crippen LogP contribution in [0.1, 0.15) is 0 Å². The fourth-order valence-corrected chi connectivity index (χ4v) is 0. The van der Waals surface area contributed by atoms with Crippen LogP contribution in [0.4, 0.5) is 0 Å². The minimum atomic E-state index is -4.64. The van der Waals surface area contributed by atoms with E-state index in [1.807, 2.05) is 0 Å². The molecule has 0 aromatic carbocycles. The molecule has 6 N–H and O–H groups in total. The van der Waals surface area contributed by atoms with Crippen LogP contribution in [0.3, 0.4) is 0 Å². The van der Waals surface area contributed by atoms with Crippen molar-refractivity contribution in [2.75, 3.05) is 0 Å². The van der Waals surface area contributed by atoms with Gasteiger partial charge < -0.3 is 20.8 Å². The molecule has 0 rings (SSSR count). The molecule has 0 heterocycles. The molecule has 0 aliphatic carbocycles. The van der Waals surface area contributed by atoms with Crippen molar-refractivity contribution in [1.29, 1.82) is 0 Å². The number of hydrogen-bond acceptors (Lipinski definition) is 2. The van der Waals surface area contributed by atoms with Gasteiger partial charge in [-0.3, -0.25) is 0 Å². The second kappa shape index (κ2) is 15.5. The maximum atomic E-state index is 8.88. The molecule has 5 nitrogen and oxygen atoms in total. The molecule has 0 saturated heterocycles. The number of rotatable bonds is 0. The van der Waals surface area contributed by atoms with Gasteiger partial charge in [0.05, 0.1) is 0 Å². The van der Waals surface area contributed by atoms with E-state index in [9.17, 15) is 0 Å². The first-order chi connectivity index (χ1) is 2.00. The Labute approximate surface area is 181 Å². The van der Waals surface area contributed by atoms with Gasteiger partial charge >= 0.3 is 162 Å². The van der Waals surface area contributed by atoms with Crippen molar-refractivity contribution in [3.63, 3.8) is 0 Å². The summed E-state index contributed by atoms with van der Waals surface area (Å²) >= 11 is 0. The third-order valence-corrected chi connectivity index (χ3v) is 0. The summed E-state index contributed by atoms with van der Waals surface area (Å²) in [6, 6.07) is 0. The van der Waals surface area contributed by atoms with Gasteiger partial charge in [-0.2, -0.15) is 0 Å². The van der Waals surface area contributed by atoms with Gasteiger partial charge in [-0.05, 0) is 0 Å². The first-order valence-corrected chi connectivity index (χ1v) is 2.35. The van der Waals surface area contributed by atoms with Crippen molar-refractivity contribution in [3.8, 4) is 0 Å². The van der Waals surface area contributed by atoms with Crippen molar-refractivity contribution >= 4 is 162 Å². The standard InChI is InChI=1S/3K.H3N.H3O4P.3H/c;;;;1-5(2,3)4;;;/h;;;1H3;(H3,1,2,3,4);;;. The Kier molecular flexibility index (Phi) is 50.1. The van der Waals surface area contributed by atoms with E-state index in [0.717, 1.165) is 0 Å². The zero-order valence-corrected chi connectivity index (χ0v) is 3.80. The van der Waals surface area contributed by atoms with Gasteiger partial charge in [0.1, 0.15) is 0 Å². The second-order valence-electron chi connectivity index (χ2n) is 0.513. The predicted octanol–water partition coefficient (Wildman–Crippen LogP) is -2.71. The Hall–Kier alpha value is 4.98. The molecular formula is H9K3NO4P. The van der Waals surface area contributed by atoms with Crippen molar-refractivity contribution in [1.82, 2.24) is 6.15 Å². The van der Waals surface area contributed by atoms with Crippen molar-refractivity contribution < 1.29 is 19.2 Å². The van der Waals surface area contributed by atoms with Crippen LogP contribution in [0, 0.1) is 0 Å². The quantitative estimate of drug-likeness (QED) is 0.269. The molecule has 0 aromatic rings. The third kappa shape index (κ3) is 63.1. The summed E-state index contributed by atoms with van der Waals surface area (Å²) in [5.74, 6) is 0. The van der Waals surface area contributed by atoms with Crippen molar-refractivity contribution in [2.45, 2.75) is 0 Å². The topological polar surface area (TPSA) is 113 Å². The van der Waals surface area contributed by atoms with Crippen LogP contribution in [0.15, 0.2) is 0 Å². The molecule has 46 valence electrons. The summed E-state index contributed by atoms with van der Waals surface area (Å²) in [6.45, 7) is 0. The van der Waals surface area contributed by atoms with E-state index >= 15 is 0 Å². The van der Waals surface area contributed by atoms with Gasteiger partial charge in [0.15, 0.2) is 0 Å². The average Bonchev–Trinajstić information content (AvgIpc) is 0.722. The SMILES string of the molecule is N.O=P(O)(O)O.[KH].[KH].[KH]. The third-order valence-electron chi connectivity index (χ3n) is 0. The Bertz CT molecular complexity index is 61.9. The van der Waals surface area contributed by atoms with Gasteiger partial charge in [0.25, 0.3) is 0 Å². The van der Waals surface area contributed by atoms with Gasteiger partial charge in [-0.15, -0.1) is 0 Å². The summed E-state index contributed by atoms with van der Waals surface area (Å²) in [6.07, 6.45) is 0. The summed E-state index contributed by atoms with van der Waals surface area (Å²) in [5, 5.41) is 0. The van der Waals surface area contributed by atoms with Gasteiger partial charge in [-0.25, -0.2) is 4.57 Å². The molecular weight excluding hydrogens is 226 g/mol. The van der Waals surface area contributed by atoms with Crippen LogP contribution in [0.2, 0.25) is 0 Å². The molecule has 0 radical (unpaired) electrons.